The van der Waals surface area contributed by atoms with Crippen LogP contribution in [0.4, 0.5) is 10.7 Å². The van der Waals surface area contributed by atoms with E-state index in [9.17, 15) is 9.59 Å². The Morgan fingerprint density at radius 2 is 1.90 bits per heavy atom. The first-order valence-electron chi connectivity index (χ1n) is 13.2. The van der Waals surface area contributed by atoms with Gasteiger partial charge in [0.2, 0.25) is 5.95 Å². The van der Waals surface area contributed by atoms with Crippen molar-refractivity contribution >= 4 is 34.0 Å². The van der Waals surface area contributed by atoms with Crippen LogP contribution in [0.2, 0.25) is 0 Å². The molecule has 1 aliphatic rings. The summed E-state index contributed by atoms with van der Waals surface area (Å²) in [6.45, 7) is 6.48. The molecule has 0 bridgehead atoms. The monoisotopic (exact) mass is 555 g/mol. The van der Waals surface area contributed by atoms with Gasteiger partial charge in [0, 0.05) is 18.9 Å². The van der Waals surface area contributed by atoms with Gasteiger partial charge < -0.3 is 24.8 Å². The van der Waals surface area contributed by atoms with Gasteiger partial charge in [-0.2, -0.15) is 10.1 Å². The van der Waals surface area contributed by atoms with E-state index < -0.39 is 11.7 Å². The number of H-pyrrole nitrogens is 1. The molecule has 0 fully saturated rings. The number of hydrogen-bond donors (Lipinski definition) is 3. The molecule has 0 radical (unpaired) electrons. The van der Waals surface area contributed by atoms with Crippen molar-refractivity contribution in [3.8, 4) is 17.2 Å². The van der Waals surface area contributed by atoms with Crippen LogP contribution >= 0.6 is 0 Å². The maximum atomic E-state index is 13.6. The van der Waals surface area contributed by atoms with Gasteiger partial charge in [-0.05, 0) is 50.6 Å². The van der Waals surface area contributed by atoms with Crippen LogP contribution in [0.5, 0.6) is 11.5 Å². The topological polar surface area (TPSA) is 145 Å². The predicted octanol–water partition coefficient (Wildman–Crippen LogP) is 3.93. The van der Waals surface area contributed by atoms with Crippen molar-refractivity contribution < 1.29 is 19.0 Å². The molecule has 1 unspecified atom stereocenters. The highest BCUT2D eigenvalue weighted by atomic mass is 16.6. The minimum absolute atomic E-state index is 0.248. The molecule has 3 N–H and O–H groups in total. The second kappa shape index (κ2) is 10.5. The number of nitrogens with one attached hydrogen (secondary N) is 3. The average molecular weight is 556 g/mol. The lowest BCUT2D eigenvalue weighted by Gasteiger charge is -2.26. The molecule has 3 aromatic heterocycles. The van der Waals surface area contributed by atoms with Crippen LogP contribution in [-0.2, 0) is 11.3 Å². The van der Waals surface area contributed by atoms with E-state index in [-0.39, 0.29) is 18.2 Å². The second-order valence-corrected chi connectivity index (χ2v) is 10.6. The van der Waals surface area contributed by atoms with Gasteiger partial charge in [-0.25, -0.2) is 9.78 Å². The predicted molar refractivity (Wildman–Crippen MR) is 153 cm³/mol. The van der Waals surface area contributed by atoms with E-state index >= 15 is 0 Å². The highest BCUT2D eigenvalue weighted by Gasteiger charge is 2.22. The number of anilines is 1. The van der Waals surface area contributed by atoms with E-state index in [4.69, 9.17) is 19.2 Å². The van der Waals surface area contributed by atoms with E-state index in [2.05, 4.69) is 25.8 Å². The third-order valence-corrected chi connectivity index (χ3v) is 6.40. The SMILES string of the molecule is CC(C)(C)OC(=O)NCc1ccc(-n2c(=O)c3c[nH]nc3c3cnc(NCC4COc5ccccc5O4)nc32)cc1. The molecule has 0 saturated carbocycles. The Bertz CT molecular complexity index is 1790. The van der Waals surface area contributed by atoms with Gasteiger partial charge in [0.25, 0.3) is 5.56 Å². The van der Waals surface area contributed by atoms with Crippen molar-refractivity contribution in [1.82, 2.24) is 30.0 Å². The van der Waals surface area contributed by atoms with Crippen molar-refractivity contribution in [2.75, 3.05) is 18.5 Å². The molecular weight excluding hydrogens is 526 g/mol. The molecule has 41 heavy (non-hydrogen) atoms. The van der Waals surface area contributed by atoms with Crippen LogP contribution in [0.15, 0.2) is 65.7 Å². The van der Waals surface area contributed by atoms with Gasteiger partial charge in [-0.1, -0.05) is 24.3 Å². The van der Waals surface area contributed by atoms with Gasteiger partial charge >= 0.3 is 6.09 Å². The number of nitrogens with zero attached hydrogens (tertiary/aromatic N) is 4. The van der Waals surface area contributed by atoms with Crippen molar-refractivity contribution in [2.24, 2.45) is 0 Å². The largest absolute Gasteiger partial charge is 0.486 e. The lowest BCUT2D eigenvalue weighted by molar-refractivity contribution is 0.0523. The number of alkyl carbamates (subject to hydrolysis) is 1. The summed E-state index contributed by atoms with van der Waals surface area (Å²) in [5.41, 5.74) is 1.49. The Kier molecular flexibility index (Phi) is 6.66. The maximum Gasteiger partial charge on any atom is 0.407 e. The Morgan fingerprint density at radius 3 is 2.68 bits per heavy atom. The molecule has 210 valence electrons. The molecule has 0 saturated heterocycles. The number of aromatic amines is 1. The molecule has 2 aromatic carbocycles. The second-order valence-electron chi connectivity index (χ2n) is 10.6. The zero-order chi connectivity index (χ0) is 28.6. The minimum Gasteiger partial charge on any atom is -0.486 e. The summed E-state index contributed by atoms with van der Waals surface area (Å²) in [6, 6.07) is 14.8. The van der Waals surface area contributed by atoms with Crippen LogP contribution in [0.3, 0.4) is 0 Å². The van der Waals surface area contributed by atoms with Crippen molar-refractivity contribution in [2.45, 2.75) is 39.0 Å². The van der Waals surface area contributed by atoms with E-state index in [1.165, 1.54) is 4.57 Å². The van der Waals surface area contributed by atoms with Crippen LogP contribution in [0.25, 0.3) is 27.6 Å². The third kappa shape index (κ3) is 5.49. The first-order valence-corrected chi connectivity index (χ1v) is 13.2. The molecule has 12 heteroatoms. The van der Waals surface area contributed by atoms with Gasteiger partial charge in [-0.3, -0.25) is 14.5 Å². The van der Waals surface area contributed by atoms with Crippen LogP contribution in [0, 0.1) is 0 Å². The number of carbonyl (C=O) groups is 1. The summed E-state index contributed by atoms with van der Waals surface area (Å²) in [5.74, 6) is 1.73. The van der Waals surface area contributed by atoms with E-state index in [1.54, 1.807) is 24.5 Å². The fourth-order valence-electron chi connectivity index (χ4n) is 4.53. The fraction of sp³-hybridized carbons (Fsp3) is 0.276. The van der Waals surface area contributed by atoms with Crippen LogP contribution in [-0.4, -0.2) is 55.7 Å². The zero-order valence-electron chi connectivity index (χ0n) is 22.8. The zero-order valence-corrected chi connectivity index (χ0v) is 22.8. The Labute approximate surface area is 234 Å². The molecule has 5 aromatic rings. The van der Waals surface area contributed by atoms with Crippen molar-refractivity contribution in [1.29, 1.82) is 0 Å². The molecule has 12 nitrogen and oxygen atoms in total. The Morgan fingerprint density at radius 1 is 1.12 bits per heavy atom. The van der Waals surface area contributed by atoms with Gasteiger partial charge in [0.1, 0.15) is 23.8 Å². The van der Waals surface area contributed by atoms with Gasteiger partial charge in [-0.15, -0.1) is 0 Å². The lowest BCUT2D eigenvalue weighted by atomic mass is 10.2. The number of amides is 1. The smallest absolute Gasteiger partial charge is 0.407 e. The van der Waals surface area contributed by atoms with Crippen LogP contribution < -0.4 is 25.7 Å². The van der Waals surface area contributed by atoms with Crippen molar-refractivity contribution in [3.63, 3.8) is 0 Å². The highest BCUT2D eigenvalue weighted by molar-refractivity contribution is 6.02. The summed E-state index contributed by atoms with van der Waals surface area (Å²) in [4.78, 5) is 34.8. The average Bonchev–Trinajstić information content (AvgIpc) is 3.45. The summed E-state index contributed by atoms with van der Waals surface area (Å²) in [7, 11) is 0. The standard InChI is InChI=1S/C29H29N7O5/c1-29(2,3)41-28(38)32-12-17-8-10-18(11-9-17)36-25-20(24-21(26(36)37)15-33-35-24)14-31-27(34-25)30-13-19-16-39-22-6-4-5-7-23(22)40-19/h4-11,14-15,19H,12-13,16H2,1-3H3,(H,32,38)(H,33,35)(H,30,31,34). The first kappa shape index (κ1) is 26.1. The van der Waals surface area contributed by atoms with Gasteiger partial charge in [0.15, 0.2) is 17.1 Å². The van der Waals surface area contributed by atoms with E-state index in [0.29, 0.717) is 58.2 Å². The fourth-order valence-corrected chi connectivity index (χ4v) is 4.53. The van der Waals surface area contributed by atoms with E-state index in [0.717, 1.165) is 5.56 Å². The quantitative estimate of drug-likeness (QED) is 0.284. The summed E-state index contributed by atoms with van der Waals surface area (Å²) >= 11 is 0. The number of para-hydroxylation sites is 2. The molecule has 1 amide bonds. The molecule has 1 aliphatic heterocycles. The molecule has 4 heterocycles. The number of hydrogen-bond acceptors (Lipinski definition) is 9. The van der Waals surface area contributed by atoms with E-state index in [1.807, 2.05) is 57.2 Å². The molecule has 0 aliphatic carbocycles. The molecule has 1 atom stereocenters. The number of aromatic nitrogens is 5. The minimum atomic E-state index is -0.583. The first-order chi connectivity index (χ1) is 19.7. The third-order valence-electron chi connectivity index (χ3n) is 6.40. The number of ether oxygens (including phenoxy) is 3. The van der Waals surface area contributed by atoms with Crippen LogP contribution in [0.1, 0.15) is 26.3 Å². The summed E-state index contributed by atoms with van der Waals surface area (Å²) < 4.78 is 18.6. The lowest BCUT2D eigenvalue weighted by Crippen LogP contribution is -2.35. The Balaban J connectivity index is 1.26. The maximum absolute atomic E-state index is 13.6. The highest BCUT2D eigenvalue weighted by Crippen LogP contribution is 2.31. The summed E-state index contributed by atoms with van der Waals surface area (Å²) in [6.07, 6.45) is 2.47. The number of fused-ring (bicyclic) bond motifs is 4. The normalized spacial score (nSPS) is 14.7. The summed E-state index contributed by atoms with van der Waals surface area (Å²) in [5, 5.41) is 14.0. The molecule has 6 rings (SSSR count). The van der Waals surface area contributed by atoms with Crippen molar-refractivity contribution in [3.05, 3.63) is 76.8 Å². The molecular formula is C29H29N7O5. The number of benzene rings is 2. The Hall–Kier alpha value is -5.13. The number of pyridine rings is 1. The number of carbonyl (C=O) groups excluding carboxylic acids is 1. The van der Waals surface area contributed by atoms with Gasteiger partial charge in [0.05, 0.1) is 23.0 Å². The number of rotatable bonds is 6. The molecule has 0 spiro atoms.